The van der Waals surface area contributed by atoms with Crippen LogP contribution >= 0.6 is 11.8 Å². The molecule has 5 rings (SSSR count). The number of H-pyrrole nitrogens is 1. The zero-order valence-electron chi connectivity index (χ0n) is 19.2. The van der Waals surface area contributed by atoms with Gasteiger partial charge in [0, 0.05) is 32.6 Å². The van der Waals surface area contributed by atoms with Crippen molar-refractivity contribution in [2.45, 2.75) is 42.8 Å². The minimum atomic E-state index is -0.460. The van der Waals surface area contributed by atoms with Gasteiger partial charge in [-0.2, -0.15) is 0 Å². The van der Waals surface area contributed by atoms with Gasteiger partial charge in [0.2, 0.25) is 5.91 Å². The molecule has 0 radical (unpaired) electrons. The topological polar surface area (TPSA) is 152 Å². The number of amides is 1. The minimum Gasteiger partial charge on any atom is -0.486 e. The first kappa shape index (κ1) is 23.1. The molecule has 13 heteroatoms. The average molecular weight is 500 g/mol. The van der Waals surface area contributed by atoms with Crippen LogP contribution in [0.4, 0.5) is 5.69 Å². The van der Waals surface area contributed by atoms with Crippen LogP contribution in [0, 0.1) is 21.4 Å². The number of aryl methyl sites for hydroxylation is 1. The predicted octanol–water partition coefficient (Wildman–Crippen LogP) is 2.72. The molecule has 184 valence electrons. The molecule has 12 nitrogen and oxygen atoms in total. The number of aromatic nitrogens is 4. The van der Waals surface area contributed by atoms with Crippen molar-refractivity contribution < 1.29 is 19.2 Å². The van der Waals surface area contributed by atoms with Crippen LogP contribution in [0.5, 0.6) is 11.5 Å². The van der Waals surface area contributed by atoms with Crippen molar-refractivity contribution in [2.75, 3.05) is 26.3 Å². The van der Waals surface area contributed by atoms with Crippen LogP contribution in [0.1, 0.15) is 26.2 Å². The SMILES string of the molecule is CC(=O)N1CCC(CCn2cnc(=N)c3[nH]c(Sc4cc5c(cc4[N+](=O)[O-])OCCO5)nc32)CC1. The van der Waals surface area contributed by atoms with E-state index in [1.54, 1.807) is 19.3 Å². The average Bonchev–Trinajstić information content (AvgIpc) is 3.28. The molecule has 0 atom stereocenters. The lowest BCUT2D eigenvalue weighted by Gasteiger charge is -2.31. The van der Waals surface area contributed by atoms with Gasteiger partial charge in [-0.05, 0) is 36.9 Å². The molecule has 1 amide bonds. The maximum atomic E-state index is 11.7. The summed E-state index contributed by atoms with van der Waals surface area (Å²) in [5.74, 6) is 1.42. The number of hydrogen-bond acceptors (Lipinski definition) is 9. The molecule has 0 unspecified atom stereocenters. The van der Waals surface area contributed by atoms with Crippen LogP contribution in [0.15, 0.2) is 28.5 Å². The molecule has 1 fully saturated rings. The first-order valence-corrected chi connectivity index (χ1v) is 12.2. The fraction of sp³-hybridized carbons (Fsp3) is 0.455. The van der Waals surface area contributed by atoms with Gasteiger partial charge in [-0.3, -0.25) is 20.3 Å². The van der Waals surface area contributed by atoms with Crippen molar-refractivity contribution in [3.63, 3.8) is 0 Å². The lowest BCUT2D eigenvalue weighted by atomic mass is 9.93. The van der Waals surface area contributed by atoms with Gasteiger partial charge in [-0.25, -0.2) is 9.97 Å². The zero-order chi connectivity index (χ0) is 24.5. The number of hydrogen-bond donors (Lipinski definition) is 2. The Bertz CT molecular complexity index is 1350. The Morgan fingerprint density at radius 3 is 2.69 bits per heavy atom. The molecule has 0 spiro atoms. The molecule has 1 aromatic carbocycles. The number of nitrogens with zero attached hydrogens (tertiary/aromatic N) is 5. The summed E-state index contributed by atoms with van der Waals surface area (Å²) in [6, 6.07) is 2.96. The number of nitro benzene ring substituents is 1. The Morgan fingerprint density at radius 2 is 2.00 bits per heavy atom. The number of nitrogens with one attached hydrogen (secondary N) is 2. The van der Waals surface area contributed by atoms with Crippen LogP contribution in [0.2, 0.25) is 0 Å². The Balaban J connectivity index is 1.37. The summed E-state index contributed by atoms with van der Waals surface area (Å²) in [5, 5.41) is 20.3. The fourth-order valence-corrected chi connectivity index (χ4v) is 5.32. The van der Waals surface area contributed by atoms with Gasteiger partial charge >= 0.3 is 0 Å². The number of rotatable bonds is 6. The summed E-state index contributed by atoms with van der Waals surface area (Å²) < 4.78 is 13.0. The second-order valence-electron chi connectivity index (χ2n) is 8.59. The number of carbonyl (C=O) groups excluding carboxylic acids is 1. The van der Waals surface area contributed by atoms with Crippen LogP contribution in [0.3, 0.4) is 0 Å². The standard InChI is InChI=1S/C22H25N7O5S/c1-13(30)27-5-2-14(3-6-27)4-7-28-12-24-20(23)19-21(28)26-22(25-19)35-18-11-17-16(33-8-9-34-17)10-15(18)29(31)32/h10-12,14,23H,2-9H2,1H3,(H,25,26). The molecule has 3 aromatic rings. The molecule has 0 saturated carbocycles. The quantitative estimate of drug-likeness (QED) is 0.388. The maximum absolute atomic E-state index is 11.7. The molecule has 35 heavy (non-hydrogen) atoms. The molecular weight excluding hydrogens is 474 g/mol. The molecule has 2 aromatic heterocycles. The van der Waals surface area contributed by atoms with E-state index >= 15 is 0 Å². The fourth-order valence-electron chi connectivity index (χ4n) is 4.42. The summed E-state index contributed by atoms with van der Waals surface area (Å²) >= 11 is 1.10. The maximum Gasteiger partial charge on any atom is 0.287 e. The van der Waals surface area contributed by atoms with E-state index in [2.05, 4.69) is 15.0 Å². The molecule has 4 heterocycles. The summed E-state index contributed by atoms with van der Waals surface area (Å²) in [6.45, 7) is 4.56. The number of ether oxygens (including phenoxy) is 2. The van der Waals surface area contributed by atoms with E-state index in [0.29, 0.717) is 58.4 Å². The van der Waals surface area contributed by atoms with Gasteiger partial charge in [0.25, 0.3) is 5.69 Å². The largest absolute Gasteiger partial charge is 0.486 e. The number of imidazole rings is 1. The summed E-state index contributed by atoms with van der Waals surface area (Å²) in [7, 11) is 0. The smallest absolute Gasteiger partial charge is 0.287 e. The molecule has 0 aliphatic carbocycles. The Labute approximate surface area is 204 Å². The van der Waals surface area contributed by atoms with E-state index in [0.717, 1.165) is 44.1 Å². The molecule has 1 saturated heterocycles. The molecule has 2 aliphatic rings. The van der Waals surface area contributed by atoms with Crippen LogP contribution in [-0.2, 0) is 11.3 Å². The third kappa shape index (κ3) is 4.81. The highest BCUT2D eigenvalue weighted by atomic mass is 32.2. The van der Waals surface area contributed by atoms with Gasteiger partial charge in [-0.1, -0.05) is 0 Å². The number of nitro groups is 1. The van der Waals surface area contributed by atoms with Crippen LogP contribution in [0.25, 0.3) is 11.2 Å². The summed E-state index contributed by atoms with van der Waals surface area (Å²) in [4.78, 5) is 36.9. The van der Waals surface area contributed by atoms with Crippen molar-refractivity contribution in [1.29, 1.82) is 5.41 Å². The van der Waals surface area contributed by atoms with E-state index in [9.17, 15) is 14.9 Å². The van der Waals surface area contributed by atoms with Gasteiger partial charge in [0.15, 0.2) is 27.8 Å². The third-order valence-corrected chi connectivity index (χ3v) is 7.30. The highest BCUT2D eigenvalue weighted by molar-refractivity contribution is 7.99. The van der Waals surface area contributed by atoms with Crippen LogP contribution in [-0.4, -0.2) is 61.6 Å². The van der Waals surface area contributed by atoms with E-state index in [-0.39, 0.29) is 17.1 Å². The van der Waals surface area contributed by atoms with E-state index in [4.69, 9.17) is 14.9 Å². The second-order valence-corrected chi connectivity index (χ2v) is 9.62. The Kier molecular flexibility index (Phi) is 6.32. The number of likely N-dealkylation sites (tertiary alicyclic amines) is 1. The minimum absolute atomic E-state index is 0.0574. The predicted molar refractivity (Wildman–Crippen MR) is 126 cm³/mol. The highest BCUT2D eigenvalue weighted by Gasteiger charge is 2.25. The number of piperidine rings is 1. The van der Waals surface area contributed by atoms with Crippen molar-refractivity contribution in [2.24, 2.45) is 5.92 Å². The van der Waals surface area contributed by atoms with Gasteiger partial charge in [-0.15, -0.1) is 0 Å². The third-order valence-electron chi connectivity index (χ3n) is 6.36. The lowest BCUT2D eigenvalue weighted by molar-refractivity contribution is -0.387. The molecule has 2 N–H and O–H groups in total. The van der Waals surface area contributed by atoms with Crippen molar-refractivity contribution in [3.8, 4) is 11.5 Å². The van der Waals surface area contributed by atoms with Crippen LogP contribution < -0.4 is 15.0 Å². The molecule has 2 aliphatic heterocycles. The van der Waals surface area contributed by atoms with E-state index < -0.39 is 4.92 Å². The first-order chi connectivity index (χ1) is 16.9. The Hall–Kier alpha value is -3.61. The number of carbonyl (C=O) groups is 1. The lowest BCUT2D eigenvalue weighted by Crippen LogP contribution is -2.37. The first-order valence-electron chi connectivity index (χ1n) is 11.4. The van der Waals surface area contributed by atoms with Gasteiger partial charge in [0.05, 0.1) is 22.2 Å². The van der Waals surface area contributed by atoms with Gasteiger partial charge < -0.3 is 23.9 Å². The normalized spacial score (nSPS) is 16.0. The van der Waals surface area contributed by atoms with E-state index in [1.807, 2.05) is 9.47 Å². The monoisotopic (exact) mass is 499 g/mol. The van der Waals surface area contributed by atoms with Crippen molar-refractivity contribution >= 4 is 34.5 Å². The summed E-state index contributed by atoms with van der Waals surface area (Å²) in [5.41, 5.74) is 1.01. The summed E-state index contributed by atoms with van der Waals surface area (Å²) in [6.07, 6.45) is 4.44. The second kappa shape index (κ2) is 9.56. The highest BCUT2D eigenvalue weighted by Crippen LogP contribution is 2.42. The van der Waals surface area contributed by atoms with Gasteiger partial charge in [0.1, 0.15) is 18.7 Å². The molecule has 0 bridgehead atoms. The zero-order valence-corrected chi connectivity index (χ0v) is 20.0. The molecular formula is C22H25N7O5S. The number of fused-ring (bicyclic) bond motifs is 2. The van der Waals surface area contributed by atoms with Crippen molar-refractivity contribution in [1.82, 2.24) is 24.4 Å². The van der Waals surface area contributed by atoms with E-state index in [1.165, 1.54) is 6.07 Å². The Morgan fingerprint density at radius 1 is 1.29 bits per heavy atom. The number of benzene rings is 1. The number of aromatic amines is 1. The van der Waals surface area contributed by atoms with Crippen molar-refractivity contribution in [3.05, 3.63) is 34.1 Å².